The molecular formula is C34H27F13O3S. The van der Waals surface area contributed by atoms with Crippen LogP contribution in [0.3, 0.4) is 0 Å². The highest BCUT2D eigenvalue weighted by atomic mass is 32.5. The Hall–Kier alpha value is -3.96. The van der Waals surface area contributed by atoms with Crippen molar-refractivity contribution >= 4 is 10.2 Å². The summed E-state index contributed by atoms with van der Waals surface area (Å²) in [4.78, 5) is -3.46. The molecular weight excluding hydrogens is 735 g/mol. The fourth-order valence-electron chi connectivity index (χ4n) is 5.58. The quantitative estimate of drug-likeness (QED) is 0.113. The van der Waals surface area contributed by atoms with Gasteiger partial charge in [0.25, 0.3) is 0 Å². The van der Waals surface area contributed by atoms with Gasteiger partial charge < -0.3 is 14.2 Å². The lowest BCUT2D eigenvalue weighted by Gasteiger charge is -2.40. The molecule has 0 radical (unpaired) electrons. The number of halogens is 13. The summed E-state index contributed by atoms with van der Waals surface area (Å²) in [6.45, 7) is 2.84. The van der Waals surface area contributed by atoms with E-state index in [4.69, 9.17) is 9.47 Å². The molecule has 278 valence electrons. The Labute approximate surface area is 282 Å². The Morgan fingerprint density at radius 1 is 0.667 bits per heavy atom. The summed E-state index contributed by atoms with van der Waals surface area (Å²) in [7, 11) is -10.8. The molecule has 1 aliphatic rings. The first kappa shape index (κ1) is 38.3. The molecule has 0 bridgehead atoms. The zero-order chi connectivity index (χ0) is 37.6. The zero-order valence-corrected chi connectivity index (χ0v) is 27.0. The van der Waals surface area contributed by atoms with E-state index in [-0.39, 0.29) is 35.2 Å². The number of benzene rings is 4. The van der Waals surface area contributed by atoms with Gasteiger partial charge in [0.1, 0.15) is 46.2 Å². The number of unbranched alkanes of at least 4 members (excludes halogenated alkanes) is 2. The third-order valence-electron chi connectivity index (χ3n) is 7.97. The minimum atomic E-state index is -10.8. The van der Waals surface area contributed by atoms with Crippen molar-refractivity contribution in [3.63, 3.8) is 0 Å². The molecule has 5 rings (SSSR count). The van der Waals surface area contributed by atoms with E-state index in [1.54, 1.807) is 0 Å². The Balaban J connectivity index is 1.33. The standard InChI is InChI=1S/C34H27F13O3S/c1-2-3-4-5-18-16-48-33(49-17-18)19-6-8-23(25(35)10-19)20-11-27(37)31(28(38)12-20)34(41,42)50-22-7-9-24(26(36)15-22)21-13-29(39)32(30(40)14-21)51(43,44,45,46)47/h6-15,18,33H,2-5,16-17H2,1H3. The SMILES string of the molecule is CCCCCC1COC(c2ccc(-c3cc(F)c(C(F)(F)Oc4ccc(-c5cc(F)c(S(F)(F)(F)(F)F)c(F)c5)c(F)c4)c(F)c3)c(F)c2)OC1. The molecule has 1 aliphatic heterocycles. The first-order valence-electron chi connectivity index (χ1n) is 15.2. The number of hydrogen-bond acceptors (Lipinski definition) is 3. The molecule has 1 saturated heterocycles. The highest BCUT2D eigenvalue weighted by Gasteiger charge is 2.69. The number of ether oxygens (including phenoxy) is 3. The Morgan fingerprint density at radius 3 is 1.67 bits per heavy atom. The van der Waals surface area contributed by atoms with Crippen LogP contribution in [0.15, 0.2) is 65.6 Å². The summed E-state index contributed by atoms with van der Waals surface area (Å²) in [6.07, 6.45) is -1.72. The lowest BCUT2D eigenvalue weighted by atomic mass is 9.99. The molecule has 0 unspecified atom stereocenters. The van der Waals surface area contributed by atoms with Crippen molar-refractivity contribution in [1.82, 2.24) is 0 Å². The predicted octanol–water partition coefficient (Wildman–Crippen LogP) is 12.9. The van der Waals surface area contributed by atoms with Crippen molar-refractivity contribution in [2.24, 2.45) is 5.92 Å². The van der Waals surface area contributed by atoms with Gasteiger partial charge in [-0.15, -0.1) is 0 Å². The van der Waals surface area contributed by atoms with Gasteiger partial charge in [-0.25, -0.2) is 26.3 Å². The van der Waals surface area contributed by atoms with E-state index in [2.05, 4.69) is 11.7 Å². The van der Waals surface area contributed by atoms with Gasteiger partial charge in [0.2, 0.25) is 0 Å². The van der Waals surface area contributed by atoms with Crippen molar-refractivity contribution < 1.29 is 68.8 Å². The average molecular weight is 763 g/mol. The fourth-order valence-corrected chi connectivity index (χ4v) is 6.44. The first-order chi connectivity index (χ1) is 23.6. The van der Waals surface area contributed by atoms with Gasteiger partial charge >= 0.3 is 16.3 Å². The van der Waals surface area contributed by atoms with Crippen LogP contribution in [-0.4, -0.2) is 13.2 Å². The lowest BCUT2D eigenvalue weighted by Crippen LogP contribution is -2.27. The normalized spacial score (nSPS) is 18.3. The molecule has 4 aromatic carbocycles. The first-order valence-corrected chi connectivity index (χ1v) is 17.2. The molecule has 1 heterocycles. The van der Waals surface area contributed by atoms with Crippen molar-refractivity contribution in [2.75, 3.05) is 13.2 Å². The van der Waals surface area contributed by atoms with Crippen LogP contribution in [0.4, 0.5) is 54.6 Å². The van der Waals surface area contributed by atoms with Crippen LogP contribution in [-0.2, 0) is 15.6 Å². The maximum atomic E-state index is 15.1. The molecule has 0 atom stereocenters. The Kier molecular flexibility index (Phi) is 9.92. The molecule has 4 aromatic rings. The fraction of sp³-hybridized carbons (Fsp3) is 0.294. The second-order valence-corrected chi connectivity index (χ2v) is 14.3. The molecule has 0 N–H and O–H groups in total. The summed E-state index contributed by atoms with van der Waals surface area (Å²) in [5.74, 6) is -12.9. The molecule has 3 nitrogen and oxygen atoms in total. The lowest BCUT2D eigenvalue weighted by molar-refractivity contribution is -0.206. The highest BCUT2D eigenvalue weighted by Crippen LogP contribution is 3.02. The van der Waals surface area contributed by atoms with Crippen molar-refractivity contribution in [1.29, 1.82) is 0 Å². The molecule has 17 heteroatoms. The van der Waals surface area contributed by atoms with E-state index in [0.717, 1.165) is 37.8 Å². The molecule has 0 aromatic heterocycles. The van der Waals surface area contributed by atoms with Crippen LogP contribution in [0.25, 0.3) is 22.3 Å². The van der Waals surface area contributed by atoms with E-state index in [0.29, 0.717) is 37.5 Å². The third kappa shape index (κ3) is 8.58. The van der Waals surface area contributed by atoms with Crippen LogP contribution >= 0.6 is 10.2 Å². The minimum Gasteiger partial charge on any atom is -0.429 e. The van der Waals surface area contributed by atoms with Gasteiger partial charge in [-0.05, 0) is 60.0 Å². The summed E-state index contributed by atoms with van der Waals surface area (Å²) in [5.41, 5.74) is -4.47. The van der Waals surface area contributed by atoms with Crippen LogP contribution in [0.1, 0.15) is 50.0 Å². The van der Waals surface area contributed by atoms with Crippen LogP contribution in [0, 0.1) is 40.8 Å². The molecule has 0 saturated carbocycles. The zero-order valence-electron chi connectivity index (χ0n) is 26.2. The molecule has 0 amide bonds. The van der Waals surface area contributed by atoms with Crippen molar-refractivity contribution in [3.05, 3.63) is 107 Å². The van der Waals surface area contributed by atoms with Gasteiger partial charge in [-0.2, -0.15) is 8.78 Å². The van der Waals surface area contributed by atoms with Gasteiger partial charge in [0, 0.05) is 28.7 Å². The smallest absolute Gasteiger partial charge is 0.429 e. The van der Waals surface area contributed by atoms with Gasteiger partial charge in [-0.3, -0.25) is 0 Å². The Bertz CT molecular complexity index is 1900. The minimum absolute atomic E-state index is 0.144. The summed E-state index contributed by atoms with van der Waals surface area (Å²) in [6, 6.07) is 5.02. The van der Waals surface area contributed by atoms with Crippen LogP contribution in [0.5, 0.6) is 5.75 Å². The molecule has 0 spiro atoms. The monoisotopic (exact) mass is 762 g/mol. The third-order valence-corrected chi connectivity index (χ3v) is 9.14. The van der Waals surface area contributed by atoms with E-state index in [1.807, 2.05) is 0 Å². The summed E-state index contributed by atoms with van der Waals surface area (Å²) in [5, 5.41) is 0. The van der Waals surface area contributed by atoms with Crippen molar-refractivity contribution in [2.45, 2.75) is 49.9 Å². The van der Waals surface area contributed by atoms with Crippen LogP contribution in [0.2, 0.25) is 0 Å². The largest absolute Gasteiger partial charge is 0.432 e. The summed E-state index contributed by atoms with van der Waals surface area (Å²) < 4.78 is 199. The van der Waals surface area contributed by atoms with Crippen molar-refractivity contribution in [3.8, 4) is 28.0 Å². The van der Waals surface area contributed by atoms with Gasteiger partial charge in [0.05, 0.1) is 13.2 Å². The van der Waals surface area contributed by atoms with E-state index < -0.39 is 90.4 Å². The summed E-state index contributed by atoms with van der Waals surface area (Å²) >= 11 is 0. The maximum Gasteiger partial charge on any atom is 0.432 e. The van der Waals surface area contributed by atoms with Crippen LogP contribution < -0.4 is 4.74 Å². The second kappa shape index (κ2) is 13.2. The molecule has 1 fully saturated rings. The number of hydrogen-bond donors (Lipinski definition) is 0. The highest BCUT2D eigenvalue weighted by molar-refractivity contribution is 8.45. The van der Waals surface area contributed by atoms with E-state index in [1.165, 1.54) is 6.07 Å². The second-order valence-electron chi connectivity index (χ2n) is 11.9. The van der Waals surface area contributed by atoms with Gasteiger partial charge in [-0.1, -0.05) is 57.7 Å². The number of alkyl halides is 2. The van der Waals surface area contributed by atoms with E-state index >= 15 is 22.0 Å². The topological polar surface area (TPSA) is 27.7 Å². The predicted molar refractivity (Wildman–Crippen MR) is 162 cm³/mol. The maximum absolute atomic E-state index is 15.1. The van der Waals surface area contributed by atoms with E-state index in [9.17, 15) is 32.6 Å². The molecule has 51 heavy (non-hydrogen) atoms. The van der Waals surface area contributed by atoms with Gasteiger partial charge in [0.15, 0.2) is 11.2 Å². The average Bonchev–Trinajstić information content (AvgIpc) is 2.99. The molecule has 0 aliphatic carbocycles. The Morgan fingerprint density at radius 2 is 1.18 bits per heavy atom. The number of rotatable bonds is 11.